The molecular formula is C11H17N3O2. The van der Waals surface area contributed by atoms with Gasteiger partial charge in [0.25, 0.3) is 0 Å². The smallest absolute Gasteiger partial charge is 0.310 e. The van der Waals surface area contributed by atoms with E-state index in [1.54, 1.807) is 6.07 Å². The van der Waals surface area contributed by atoms with Crippen molar-refractivity contribution in [3.8, 4) is 6.07 Å². The van der Waals surface area contributed by atoms with Crippen LogP contribution >= 0.6 is 0 Å². The minimum absolute atomic E-state index is 0.0917. The fourth-order valence-corrected chi connectivity index (χ4v) is 1.96. The van der Waals surface area contributed by atoms with Gasteiger partial charge in [-0.1, -0.05) is 19.8 Å². The van der Waals surface area contributed by atoms with Gasteiger partial charge in [0, 0.05) is 6.04 Å². The number of hydrogen-bond acceptors (Lipinski definition) is 3. The number of rotatable bonds is 2. The lowest BCUT2D eigenvalue weighted by Gasteiger charge is -2.29. The topological polar surface area (TPSA) is 82.0 Å². The van der Waals surface area contributed by atoms with Gasteiger partial charge in [0.2, 0.25) is 0 Å². The summed E-state index contributed by atoms with van der Waals surface area (Å²) in [4.78, 5) is 22.6. The zero-order chi connectivity index (χ0) is 12.0. The zero-order valence-electron chi connectivity index (χ0n) is 9.45. The lowest BCUT2D eigenvalue weighted by atomic mass is 9.86. The van der Waals surface area contributed by atoms with Crippen molar-refractivity contribution in [1.29, 1.82) is 5.26 Å². The normalized spacial score (nSPS) is 24.2. The molecule has 0 aromatic heterocycles. The highest BCUT2D eigenvalue weighted by atomic mass is 16.2. The first-order valence-electron chi connectivity index (χ1n) is 5.60. The molecule has 1 fully saturated rings. The monoisotopic (exact) mass is 223 g/mol. The minimum Gasteiger partial charge on any atom is -0.345 e. The van der Waals surface area contributed by atoms with Crippen LogP contribution in [0.25, 0.3) is 0 Å². The number of carbonyl (C=O) groups excluding carboxylic acids is 2. The van der Waals surface area contributed by atoms with Crippen molar-refractivity contribution in [1.82, 2.24) is 10.6 Å². The molecule has 2 atom stereocenters. The SMILES string of the molecule is CC1CCCCC1NC(=O)C(=O)NCC#N. The van der Waals surface area contributed by atoms with Crippen LogP contribution in [0.4, 0.5) is 0 Å². The Labute approximate surface area is 95.2 Å². The van der Waals surface area contributed by atoms with Crippen LogP contribution < -0.4 is 10.6 Å². The number of hydrogen-bond donors (Lipinski definition) is 2. The molecule has 2 amide bonds. The Bertz CT molecular complexity index is 309. The molecule has 0 heterocycles. The third-order valence-corrected chi connectivity index (χ3v) is 2.96. The number of amides is 2. The maximum Gasteiger partial charge on any atom is 0.310 e. The summed E-state index contributed by atoms with van der Waals surface area (Å²) in [6.07, 6.45) is 4.30. The van der Waals surface area contributed by atoms with Gasteiger partial charge in [0.15, 0.2) is 0 Å². The highest BCUT2D eigenvalue weighted by Gasteiger charge is 2.25. The average Bonchev–Trinajstić information content (AvgIpc) is 2.28. The summed E-state index contributed by atoms with van der Waals surface area (Å²) in [5, 5.41) is 13.2. The summed E-state index contributed by atoms with van der Waals surface area (Å²) in [7, 11) is 0. The predicted octanol–water partition coefficient (Wildman–Crippen LogP) is 0.321. The van der Waals surface area contributed by atoms with Gasteiger partial charge in [-0.05, 0) is 18.8 Å². The maximum atomic E-state index is 11.4. The summed E-state index contributed by atoms with van der Waals surface area (Å²) < 4.78 is 0. The molecule has 2 N–H and O–H groups in total. The van der Waals surface area contributed by atoms with Crippen molar-refractivity contribution in [2.24, 2.45) is 5.92 Å². The van der Waals surface area contributed by atoms with E-state index in [1.165, 1.54) is 6.42 Å². The molecule has 0 radical (unpaired) electrons. The van der Waals surface area contributed by atoms with Crippen molar-refractivity contribution in [3.63, 3.8) is 0 Å². The van der Waals surface area contributed by atoms with Crippen LogP contribution in [-0.4, -0.2) is 24.4 Å². The molecule has 0 bridgehead atoms. The molecule has 5 heteroatoms. The van der Waals surface area contributed by atoms with E-state index in [1.807, 2.05) is 0 Å². The molecule has 0 aromatic rings. The Kier molecular flexibility index (Phi) is 4.77. The highest BCUT2D eigenvalue weighted by Crippen LogP contribution is 2.23. The molecule has 16 heavy (non-hydrogen) atoms. The average molecular weight is 223 g/mol. The molecule has 1 rings (SSSR count). The van der Waals surface area contributed by atoms with E-state index >= 15 is 0 Å². The summed E-state index contributed by atoms with van der Waals surface area (Å²) in [6.45, 7) is 1.95. The Hall–Kier alpha value is -1.57. The third-order valence-electron chi connectivity index (χ3n) is 2.96. The number of nitrogens with one attached hydrogen (secondary N) is 2. The number of nitrogens with zero attached hydrogens (tertiary/aromatic N) is 1. The van der Waals surface area contributed by atoms with Crippen molar-refractivity contribution in [2.75, 3.05) is 6.54 Å². The fraction of sp³-hybridized carbons (Fsp3) is 0.727. The largest absolute Gasteiger partial charge is 0.345 e. The van der Waals surface area contributed by atoms with E-state index in [2.05, 4.69) is 17.6 Å². The van der Waals surface area contributed by atoms with Gasteiger partial charge in [0.05, 0.1) is 6.07 Å². The van der Waals surface area contributed by atoms with E-state index in [9.17, 15) is 9.59 Å². The summed E-state index contributed by atoms with van der Waals surface area (Å²) in [5.74, 6) is -0.935. The molecular weight excluding hydrogens is 206 g/mol. The standard InChI is InChI=1S/C11H17N3O2/c1-8-4-2-3-5-9(8)14-11(16)10(15)13-7-6-12/h8-9H,2-5,7H2,1H3,(H,13,15)(H,14,16). The molecule has 0 saturated heterocycles. The summed E-state index contributed by atoms with van der Waals surface area (Å²) >= 11 is 0. The second kappa shape index (κ2) is 6.11. The van der Waals surface area contributed by atoms with Gasteiger partial charge in [-0.2, -0.15) is 5.26 Å². The van der Waals surface area contributed by atoms with Crippen molar-refractivity contribution in [2.45, 2.75) is 38.6 Å². The maximum absolute atomic E-state index is 11.4. The van der Waals surface area contributed by atoms with Gasteiger partial charge < -0.3 is 10.6 Å². The molecule has 0 spiro atoms. The Morgan fingerprint density at radius 3 is 2.62 bits per heavy atom. The van der Waals surface area contributed by atoms with Crippen LogP contribution in [0, 0.1) is 17.2 Å². The van der Waals surface area contributed by atoms with Crippen molar-refractivity contribution >= 4 is 11.8 Å². The minimum atomic E-state index is -0.723. The summed E-state index contributed by atoms with van der Waals surface area (Å²) in [5.41, 5.74) is 0. The predicted molar refractivity (Wildman–Crippen MR) is 58.2 cm³/mol. The van der Waals surface area contributed by atoms with Crippen LogP contribution in [0.1, 0.15) is 32.6 Å². The van der Waals surface area contributed by atoms with E-state index < -0.39 is 11.8 Å². The van der Waals surface area contributed by atoms with Gasteiger partial charge >= 0.3 is 11.8 Å². The molecule has 1 aliphatic rings. The number of nitriles is 1. The second-order valence-corrected chi connectivity index (χ2v) is 4.18. The third kappa shape index (κ3) is 3.54. The quantitative estimate of drug-likeness (QED) is 0.522. The van der Waals surface area contributed by atoms with Gasteiger partial charge in [-0.15, -0.1) is 0 Å². The Balaban J connectivity index is 2.38. The zero-order valence-corrected chi connectivity index (χ0v) is 9.45. The van der Waals surface area contributed by atoms with Crippen LogP contribution in [0.15, 0.2) is 0 Å². The first-order chi connectivity index (χ1) is 7.65. The van der Waals surface area contributed by atoms with Gasteiger partial charge in [0.1, 0.15) is 6.54 Å². The van der Waals surface area contributed by atoms with E-state index in [0.29, 0.717) is 5.92 Å². The van der Waals surface area contributed by atoms with E-state index in [0.717, 1.165) is 19.3 Å². The van der Waals surface area contributed by atoms with Gasteiger partial charge in [-0.25, -0.2) is 0 Å². The van der Waals surface area contributed by atoms with Crippen LogP contribution in [0.3, 0.4) is 0 Å². The summed E-state index contributed by atoms with van der Waals surface area (Å²) in [6, 6.07) is 1.85. The molecule has 0 aromatic carbocycles. The van der Waals surface area contributed by atoms with Crippen LogP contribution in [-0.2, 0) is 9.59 Å². The molecule has 5 nitrogen and oxygen atoms in total. The van der Waals surface area contributed by atoms with Crippen LogP contribution in [0.5, 0.6) is 0 Å². The van der Waals surface area contributed by atoms with E-state index in [-0.39, 0.29) is 12.6 Å². The second-order valence-electron chi connectivity index (χ2n) is 4.18. The Morgan fingerprint density at radius 1 is 1.31 bits per heavy atom. The Morgan fingerprint density at radius 2 is 2.00 bits per heavy atom. The van der Waals surface area contributed by atoms with Gasteiger partial charge in [-0.3, -0.25) is 9.59 Å². The molecule has 2 unspecified atom stereocenters. The van der Waals surface area contributed by atoms with E-state index in [4.69, 9.17) is 5.26 Å². The highest BCUT2D eigenvalue weighted by molar-refractivity contribution is 6.35. The lowest BCUT2D eigenvalue weighted by Crippen LogP contribution is -2.47. The lowest BCUT2D eigenvalue weighted by molar-refractivity contribution is -0.139. The van der Waals surface area contributed by atoms with Crippen molar-refractivity contribution < 1.29 is 9.59 Å². The molecule has 1 saturated carbocycles. The molecule has 0 aliphatic heterocycles. The molecule has 88 valence electrons. The van der Waals surface area contributed by atoms with Crippen molar-refractivity contribution in [3.05, 3.63) is 0 Å². The first kappa shape index (κ1) is 12.5. The molecule has 1 aliphatic carbocycles. The number of carbonyl (C=O) groups is 2. The fourth-order valence-electron chi connectivity index (χ4n) is 1.96. The van der Waals surface area contributed by atoms with Crippen LogP contribution in [0.2, 0.25) is 0 Å². The first-order valence-corrected chi connectivity index (χ1v) is 5.60.